The average Bonchev–Trinajstić information content (AvgIpc) is 3.13. The van der Waals surface area contributed by atoms with E-state index in [1.807, 2.05) is 11.4 Å². The van der Waals surface area contributed by atoms with Gasteiger partial charge in [0.15, 0.2) is 5.13 Å². The number of nitrogens with one attached hydrogen (secondary N) is 1. The Hall–Kier alpha value is -1.90. The lowest BCUT2D eigenvalue weighted by molar-refractivity contribution is -0.132. The number of thioether (sulfide) groups is 1. The summed E-state index contributed by atoms with van der Waals surface area (Å²) in [5, 5.41) is 5.33. The molecule has 0 atom stereocenters. The summed E-state index contributed by atoms with van der Waals surface area (Å²) in [5.74, 6) is 0.450. The molecule has 0 aliphatic carbocycles. The zero-order chi connectivity index (χ0) is 19.2. The van der Waals surface area contributed by atoms with Crippen LogP contribution in [0.5, 0.6) is 0 Å². The highest BCUT2D eigenvalue weighted by molar-refractivity contribution is 8.00. The molecule has 27 heavy (non-hydrogen) atoms. The first-order valence-electron chi connectivity index (χ1n) is 8.79. The molecule has 0 unspecified atom stereocenters. The Morgan fingerprint density at radius 2 is 2.00 bits per heavy atom. The second-order valence-electron chi connectivity index (χ2n) is 6.37. The Balaban J connectivity index is 1.46. The molecule has 1 aliphatic rings. The number of hydrogen-bond donors (Lipinski definition) is 1. The molecule has 8 heteroatoms. The van der Waals surface area contributed by atoms with Crippen molar-refractivity contribution < 1.29 is 14.3 Å². The van der Waals surface area contributed by atoms with Crippen LogP contribution < -0.4 is 5.32 Å². The average molecular weight is 406 g/mol. The maximum absolute atomic E-state index is 12.1. The van der Waals surface area contributed by atoms with E-state index in [0.29, 0.717) is 37.2 Å². The third kappa shape index (κ3) is 5.54. The fourth-order valence-electron chi connectivity index (χ4n) is 2.65. The van der Waals surface area contributed by atoms with Crippen LogP contribution in [0.15, 0.2) is 23.6 Å². The Labute approximate surface area is 167 Å². The van der Waals surface area contributed by atoms with Crippen molar-refractivity contribution in [2.24, 2.45) is 0 Å². The predicted octanol–water partition coefficient (Wildman–Crippen LogP) is 2.96. The van der Waals surface area contributed by atoms with Gasteiger partial charge in [-0.1, -0.05) is 12.1 Å². The molecule has 1 aliphatic heterocycles. The Bertz CT molecular complexity index is 816. The number of ether oxygens (including phenoxy) is 1. The molecule has 144 valence electrons. The summed E-state index contributed by atoms with van der Waals surface area (Å²) < 4.78 is 5.23. The van der Waals surface area contributed by atoms with Gasteiger partial charge in [0.1, 0.15) is 0 Å². The van der Waals surface area contributed by atoms with E-state index in [4.69, 9.17) is 4.74 Å². The van der Waals surface area contributed by atoms with Crippen LogP contribution in [0.3, 0.4) is 0 Å². The fourth-order valence-corrected chi connectivity index (χ4v) is 4.11. The first-order chi connectivity index (χ1) is 13.0. The molecular weight excluding hydrogens is 382 g/mol. The number of aryl methyl sites for hydroxylation is 2. The second-order valence-corrected chi connectivity index (χ2v) is 8.21. The molecule has 1 aromatic carbocycles. The predicted molar refractivity (Wildman–Crippen MR) is 110 cm³/mol. The highest BCUT2D eigenvalue weighted by Crippen LogP contribution is 2.26. The number of anilines is 1. The third-order valence-corrected chi connectivity index (χ3v) is 6.05. The molecule has 1 N–H and O–H groups in total. The number of benzene rings is 1. The first kappa shape index (κ1) is 19.9. The molecule has 1 fully saturated rings. The van der Waals surface area contributed by atoms with Crippen LogP contribution in [0.2, 0.25) is 0 Å². The molecule has 1 saturated heterocycles. The third-order valence-electron chi connectivity index (χ3n) is 4.38. The molecule has 2 heterocycles. The van der Waals surface area contributed by atoms with Gasteiger partial charge in [-0.05, 0) is 31.0 Å². The molecule has 0 bridgehead atoms. The smallest absolute Gasteiger partial charge is 0.236 e. The van der Waals surface area contributed by atoms with E-state index in [1.165, 1.54) is 34.2 Å². The van der Waals surface area contributed by atoms with Crippen LogP contribution in [0.4, 0.5) is 5.13 Å². The molecule has 2 amide bonds. The summed E-state index contributed by atoms with van der Waals surface area (Å²) >= 11 is 2.73. The number of morpholine rings is 1. The van der Waals surface area contributed by atoms with Crippen LogP contribution in [0.1, 0.15) is 11.1 Å². The summed E-state index contributed by atoms with van der Waals surface area (Å²) in [6, 6.07) is 6.21. The van der Waals surface area contributed by atoms with Gasteiger partial charge in [0, 0.05) is 24.0 Å². The summed E-state index contributed by atoms with van der Waals surface area (Å²) in [7, 11) is 0. The number of hydrogen-bond acceptors (Lipinski definition) is 6. The molecular formula is C19H23N3O3S2. The number of thiazole rings is 1. The van der Waals surface area contributed by atoms with E-state index in [1.54, 1.807) is 4.90 Å². The van der Waals surface area contributed by atoms with Gasteiger partial charge in [-0.15, -0.1) is 23.1 Å². The molecule has 2 aromatic rings. The minimum Gasteiger partial charge on any atom is -0.378 e. The highest BCUT2D eigenvalue weighted by Gasteiger charge is 2.17. The lowest BCUT2D eigenvalue weighted by Gasteiger charge is -2.26. The summed E-state index contributed by atoms with van der Waals surface area (Å²) in [4.78, 5) is 30.4. The topological polar surface area (TPSA) is 71.5 Å². The molecule has 0 spiro atoms. The van der Waals surface area contributed by atoms with Gasteiger partial charge in [0.25, 0.3) is 0 Å². The first-order valence-corrected chi connectivity index (χ1v) is 10.8. The zero-order valence-electron chi connectivity index (χ0n) is 15.5. The fraction of sp³-hybridized carbons (Fsp3) is 0.421. The van der Waals surface area contributed by atoms with E-state index >= 15 is 0 Å². The van der Waals surface area contributed by atoms with Crippen LogP contribution in [-0.2, 0) is 14.3 Å². The van der Waals surface area contributed by atoms with Crippen molar-refractivity contribution in [3.63, 3.8) is 0 Å². The number of aromatic nitrogens is 1. The maximum Gasteiger partial charge on any atom is 0.236 e. The van der Waals surface area contributed by atoms with E-state index in [-0.39, 0.29) is 17.6 Å². The van der Waals surface area contributed by atoms with Gasteiger partial charge in [0.05, 0.1) is 30.4 Å². The molecule has 3 rings (SSSR count). The van der Waals surface area contributed by atoms with Crippen molar-refractivity contribution in [1.82, 2.24) is 9.88 Å². The van der Waals surface area contributed by atoms with Crippen LogP contribution in [-0.4, -0.2) is 59.5 Å². The maximum atomic E-state index is 12.1. The van der Waals surface area contributed by atoms with E-state index in [2.05, 4.69) is 36.3 Å². The SMILES string of the molecule is Cc1ccc(-c2csc(NC(=O)CSCC(=O)N3CCOCC3)n2)cc1C. The number of nitrogens with zero attached hydrogens (tertiary/aromatic N) is 2. The number of rotatable bonds is 6. The van der Waals surface area contributed by atoms with Crippen molar-refractivity contribution in [2.45, 2.75) is 13.8 Å². The normalized spacial score (nSPS) is 14.2. The quantitative estimate of drug-likeness (QED) is 0.800. The largest absolute Gasteiger partial charge is 0.378 e. The van der Waals surface area contributed by atoms with Gasteiger partial charge >= 0.3 is 0 Å². The van der Waals surface area contributed by atoms with Crippen LogP contribution in [0.25, 0.3) is 11.3 Å². The lowest BCUT2D eigenvalue weighted by Crippen LogP contribution is -2.41. The molecule has 0 radical (unpaired) electrons. The summed E-state index contributed by atoms with van der Waals surface area (Å²) in [6.07, 6.45) is 0. The minimum atomic E-state index is -0.143. The number of carbonyl (C=O) groups is 2. The Kier molecular flexibility index (Phi) is 6.87. The van der Waals surface area contributed by atoms with Crippen molar-refractivity contribution in [1.29, 1.82) is 0 Å². The Morgan fingerprint density at radius 3 is 2.74 bits per heavy atom. The summed E-state index contributed by atoms with van der Waals surface area (Å²) in [5.41, 5.74) is 4.35. The van der Waals surface area contributed by atoms with Crippen LogP contribution in [0, 0.1) is 13.8 Å². The Morgan fingerprint density at radius 1 is 1.22 bits per heavy atom. The van der Waals surface area contributed by atoms with E-state index in [0.717, 1.165) is 11.3 Å². The monoisotopic (exact) mass is 405 g/mol. The van der Waals surface area contributed by atoms with Gasteiger partial charge in [-0.2, -0.15) is 0 Å². The van der Waals surface area contributed by atoms with Crippen molar-refractivity contribution in [2.75, 3.05) is 43.1 Å². The van der Waals surface area contributed by atoms with Crippen molar-refractivity contribution in [3.05, 3.63) is 34.7 Å². The summed E-state index contributed by atoms with van der Waals surface area (Å²) in [6.45, 7) is 6.59. The van der Waals surface area contributed by atoms with Crippen molar-refractivity contribution in [3.8, 4) is 11.3 Å². The second kappa shape index (κ2) is 9.34. The number of carbonyl (C=O) groups excluding carboxylic acids is 2. The van der Waals surface area contributed by atoms with Gasteiger partial charge in [0.2, 0.25) is 11.8 Å². The standard InChI is InChI=1S/C19H23N3O3S2/c1-13-3-4-15(9-14(13)2)16-10-27-19(20-16)21-17(23)11-26-12-18(24)22-5-7-25-8-6-22/h3-4,9-10H,5-8,11-12H2,1-2H3,(H,20,21,23). The van der Waals surface area contributed by atoms with Gasteiger partial charge < -0.3 is 15.0 Å². The molecule has 0 saturated carbocycles. The van der Waals surface area contributed by atoms with Gasteiger partial charge in [-0.25, -0.2) is 4.98 Å². The minimum absolute atomic E-state index is 0.0578. The zero-order valence-corrected chi connectivity index (χ0v) is 17.1. The highest BCUT2D eigenvalue weighted by atomic mass is 32.2. The van der Waals surface area contributed by atoms with Gasteiger partial charge in [-0.3, -0.25) is 9.59 Å². The molecule has 6 nitrogen and oxygen atoms in total. The van der Waals surface area contributed by atoms with E-state index < -0.39 is 0 Å². The number of amides is 2. The molecule has 1 aromatic heterocycles. The van der Waals surface area contributed by atoms with Crippen LogP contribution >= 0.6 is 23.1 Å². The van der Waals surface area contributed by atoms with E-state index in [9.17, 15) is 9.59 Å². The van der Waals surface area contributed by atoms with Crippen molar-refractivity contribution >= 4 is 40.0 Å². The lowest BCUT2D eigenvalue weighted by atomic mass is 10.1.